The minimum atomic E-state index is -1.02. The minimum absolute atomic E-state index is 0.367. The van der Waals surface area contributed by atoms with Crippen LogP contribution in [0, 0.1) is 0 Å². The van der Waals surface area contributed by atoms with E-state index in [1.807, 2.05) is 35.8 Å². The molecule has 3 rings (SSSR count). The number of thiazole rings is 1. The van der Waals surface area contributed by atoms with Gasteiger partial charge in [-0.1, -0.05) is 12.1 Å². The summed E-state index contributed by atoms with van der Waals surface area (Å²) in [7, 11) is 0. The van der Waals surface area contributed by atoms with Crippen molar-refractivity contribution >= 4 is 44.3 Å². The number of carbonyl (C=O) groups is 1. The standard InChI is InChI=1S/C14H9BrN2O3S/c15-9-3-1-2-4-11(9)20-13-10(5-6-12(18)19)17-7-8-21-14(17)16-13/h1-8H,(H,18,19)/b6-5+. The molecule has 5 nitrogen and oxygen atoms in total. The van der Waals surface area contributed by atoms with Crippen molar-refractivity contribution in [3.63, 3.8) is 0 Å². The molecule has 0 spiro atoms. The molecular formula is C14H9BrN2O3S. The minimum Gasteiger partial charge on any atom is -0.478 e. The van der Waals surface area contributed by atoms with Crippen molar-refractivity contribution in [2.75, 3.05) is 0 Å². The van der Waals surface area contributed by atoms with Gasteiger partial charge in [0.15, 0.2) is 4.96 Å². The molecule has 2 heterocycles. The quantitative estimate of drug-likeness (QED) is 0.709. The lowest BCUT2D eigenvalue weighted by atomic mass is 10.3. The Morgan fingerprint density at radius 2 is 2.24 bits per heavy atom. The summed E-state index contributed by atoms with van der Waals surface area (Å²) in [6.07, 6.45) is 4.36. The summed E-state index contributed by atoms with van der Waals surface area (Å²) in [5, 5.41) is 10.7. The third-order valence-corrected chi connectivity index (χ3v) is 4.10. The van der Waals surface area contributed by atoms with E-state index >= 15 is 0 Å². The molecule has 0 bridgehead atoms. The summed E-state index contributed by atoms with van der Waals surface area (Å²) in [6, 6.07) is 7.40. The number of carboxylic acids is 1. The lowest BCUT2D eigenvalue weighted by molar-refractivity contribution is -0.131. The van der Waals surface area contributed by atoms with Crippen LogP contribution in [0.15, 0.2) is 46.4 Å². The molecule has 0 saturated heterocycles. The highest BCUT2D eigenvalue weighted by Gasteiger charge is 2.14. The Kier molecular flexibility index (Phi) is 3.76. The Morgan fingerprint density at radius 1 is 1.43 bits per heavy atom. The van der Waals surface area contributed by atoms with Crippen molar-refractivity contribution in [3.8, 4) is 11.6 Å². The van der Waals surface area contributed by atoms with E-state index in [9.17, 15) is 4.79 Å². The molecule has 106 valence electrons. The molecule has 0 radical (unpaired) electrons. The molecule has 0 aliphatic rings. The van der Waals surface area contributed by atoms with Gasteiger partial charge in [0.2, 0.25) is 5.88 Å². The van der Waals surface area contributed by atoms with Crippen molar-refractivity contribution in [2.45, 2.75) is 0 Å². The van der Waals surface area contributed by atoms with Crippen LogP contribution in [0.3, 0.4) is 0 Å². The van der Waals surface area contributed by atoms with Gasteiger partial charge < -0.3 is 9.84 Å². The zero-order valence-electron chi connectivity index (χ0n) is 10.6. The molecule has 1 aromatic carbocycles. The number of halogens is 1. The highest BCUT2D eigenvalue weighted by Crippen LogP contribution is 2.32. The Balaban J connectivity index is 2.05. The number of imidazole rings is 1. The van der Waals surface area contributed by atoms with Gasteiger partial charge in [0.1, 0.15) is 11.4 Å². The number of para-hydroxylation sites is 1. The molecule has 0 atom stereocenters. The van der Waals surface area contributed by atoms with Gasteiger partial charge in [0.05, 0.1) is 4.47 Å². The highest BCUT2D eigenvalue weighted by atomic mass is 79.9. The second-order valence-corrected chi connectivity index (χ2v) is 5.79. The second kappa shape index (κ2) is 5.71. The number of benzene rings is 1. The van der Waals surface area contributed by atoms with Crippen molar-refractivity contribution in [2.24, 2.45) is 0 Å². The Labute approximate surface area is 132 Å². The molecule has 0 fully saturated rings. The highest BCUT2D eigenvalue weighted by molar-refractivity contribution is 9.10. The first-order chi connectivity index (χ1) is 10.1. The molecule has 3 aromatic rings. The van der Waals surface area contributed by atoms with Crippen LogP contribution in [0.5, 0.6) is 11.6 Å². The molecule has 1 N–H and O–H groups in total. The second-order valence-electron chi connectivity index (χ2n) is 4.06. The van der Waals surface area contributed by atoms with E-state index in [0.717, 1.165) is 15.5 Å². The van der Waals surface area contributed by atoms with E-state index in [-0.39, 0.29) is 0 Å². The van der Waals surface area contributed by atoms with E-state index < -0.39 is 5.97 Å². The van der Waals surface area contributed by atoms with Crippen molar-refractivity contribution < 1.29 is 14.6 Å². The predicted octanol–water partition coefficient (Wildman–Crippen LogP) is 4.05. The van der Waals surface area contributed by atoms with Crippen LogP contribution in [-0.4, -0.2) is 20.5 Å². The summed E-state index contributed by atoms with van der Waals surface area (Å²) in [4.78, 5) is 15.8. The first-order valence-corrected chi connectivity index (χ1v) is 7.61. The molecule has 0 aliphatic carbocycles. The van der Waals surface area contributed by atoms with Gasteiger partial charge in [0.25, 0.3) is 0 Å². The van der Waals surface area contributed by atoms with E-state index in [2.05, 4.69) is 20.9 Å². The van der Waals surface area contributed by atoms with Crippen LogP contribution in [-0.2, 0) is 4.79 Å². The van der Waals surface area contributed by atoms with Crippen LogP contribution < -0.4 is 4.74 Å². The van der Waals surface area contributed by atoms with E-state index in [1.165, 1.54) is 17.4 Å². The zero-order chi connectivity index (χ0) is 14.8. The van der Waals surface area contributed by atoms with Gasteiger partial charge >= 0.3 is 5.97 Å². The van der Waals surface area contributed by atoms with Gasteiger partial charge in [0, 0.05) is 17.7 Å². The number of hydrogen-bond acceptors (Lipinski definition) is 4. The third-order valence-electron chi connectivity index (χ3n) is 2.69. The maximum atomic E-state index is 10.7. The fourth-order valence-corrected chi connectivity index (χ4v) is 2.87. The lowest BCUT2D eigenvalue weighted by Crippen LogP contribution is -1.91. The van der Waals surface area contributed by atoms with Crippen LogP contribution in [0.25, 0.3) is 11.0 Å². The fraction of sp³-hybridized carbons (Fsp3) is 0. The molecule has 0 saturated carbocycles. The van der Waals surface area contributed by atoms with Gasteiger partial charge in [-0.05, 0) is 34.1 Å². The first-order valence-electron chi connectivity index (χ1n) is 5.94. The summed E-state index contributed by atoms with van der Waals surface area (Å²) >= 11 is 4.86. The molecule has 0 amide bonds. The maximum absolute atomic E-state index is 10.7. The summed E-state index contributed by atoms with van der Waals surface area (Å²) in [5.74, 6) is -0.0356. The number of carboxylic acid groups (broad SMARTS) is 1. The normalized spacial score (nSPS) is 11.3. The SMILES string of the molecule is O=C(O)/C=C/c1c(Oc2ccccc2Br)nc2sccn12. The number of ether oxygens (including phenoxy) is 1. The third kappa shape index (κ3) is 2.84. The number of rotatable bonds is 4. The smallest absolute Gasteiger partial charge is 0.328 e. The Hall–Kier alpha value is -2.12. The van der Waals surface area contributed by atoms with Crippen molar-refractivity contribution in [1.29, 1.82) is 0 Å². The maximum Gasteiger partial charge on any atom is 0.328 e. The monoisotopic (exact) mass is 364 g/mol. The first kappa shape index (κ1) is 13.8. The van der Waals surface area contributed by atoms with Gasteiger partial charge in [-0.3, -0.25) is 4.40 Å². The Morgan fingerprint density at radius 3 is 3.00 bits per heavy atom. The van der Waals surface area contributed by atoms with Crippen LogP contribution in [0.1, 0.15) is 5.69 Å². The molecule has 0 unspecified atom stereocenters. The molecule has 21 heavy (non-hydrogen) atoms. The summed E-state index contributed by atoms with van der Waals surface area (Å²) in [5.41, 5.74) is 0.587. The molecule has 7 heteroatoms. The fourth-order valence-electron chi connectivity index (χ4n) is 1.79. The molecule has 2 aromatic heterocycles. The van der Waals surface area contributed by atoms with Crippen LogP contribution in [0.4, 0.5) is 0 Å². The molecule has 0 aliphatic heterocycles. The lowest BCUT2D eigenvalue weighted by Gasteiger charge is -2.05. The average molecular weight is 365 g/mol. The largest absolute Gasteiger partial charge is 0.478 e. The topological polar surface area (TPSA) is 63.8 Å². The molecular weight excluding hydrogens is 356 g/mol. The number of nitrogens with zero attached hydrogens (tertiary/aromatic N) is 2. The summed E-state index contributed by atoms with van der Waals surface area (Å²) in [6.45, 7) is 0. The predicted molar refractivity (Wildman–Crippen MR) is 84.0 cm³/mol. The average Bonchev–Trinajstić information content (AvgIpc) is 3.00. The van der Waals surface area contributed by atoms with Crippen LogP contribution in [0.2, 0.25) is 0 Å². The van der Waals surface area contributed by atoms with E-state index in [1.54, 1.807) is 4.40 Å². The van der Waals surface area contributed by atoms with Gasteiger partial charge in [-0.15, -0.1) is 11.3 Å². The van der Waals surface area contributed by atoms with E-state index in [0.29, 0.717) is 17.3 Å². The number of aromatic nitrogens is 2. The van der Waals surface area contributed by atoms with Crippen LogP contribution >= 0.6 is 27.3 Å². The summed E-state index contributed by atoms with van der Waals surface area (Å²) < 4.78 is 8.39. The van der Waals surface area contributed by atoms with Gasteiger partial charge in [-0.25, -0.2) is 4.79 Å². The Bertz CT molecular complexity index is 838. The van der Waals surface area contributed by atoms with Crippen molar-refractivity contribution in [1.82, 2.24) is 9.38 Å². The van der Waals surface area contributed by atoms with Gasteiger partial charge in [-0.2, -0.15) is 4.98 Å². The number of fused-ring (bicyclic) bond motifs is 1. The van der Waals surface area contributed by atoms with Crippen molar-refractivity contribution in [3.05, 3.63) is 52.1 Å². The number of aliphatic carboxylic acids is 1. The zero-order valence-corrected chi connectivity index (χ0v) is 13.0. The van der Waals surface area contributed by atoms with E-state index in [4.69, 9.17) is 9.84 Å². The number of hydrogen-bond donors (Lipinski definition) is 1.